The number of carbonyl (C=O) groups is 2. The molecule has 0 aromatic carbocycles. The number of carboxylic acids is 1. The molecule has 0 aliphatic carbocycles. The molecule has 3 N–H and O–H groups in total. The molecule has 0 saturated carbocycles. The minimum absolute atomic E-state index is 0.0680. The smallest absolute Gasteiger partial charge is 0.320 e. The highest BCUT2D eigenvalue weighted by Crippen LogP contribution is 2.17. The number of aliphatic carboxylic acids is 1. The molecule has 0 radical (unpaired) electrons. The molecule has 0 bridgehead atoms. The molecule has 0 aromatic rings. The summed E-state index contributed by atoms with van der Waals surface area (Å²) in [6.45, 7) is 6.27. The number of rotatable bonds is 5. The third-order valence-corrected chi connectivity index (χ3v) is 3.46. The molecule has 104 valence electrons. The molecule has 18 heavy (non-hydrogen) atoms. The normalized spacial score (nSPS) is 20.8. The number of nitrogens with zero attached hydrogens (tertiary/aromatic N) is 2. The van der Waals surface area contributed by atoms with Gasteiger partial charge >= 0.3 is 12.0 Å². The van der Waals surface area contributed by atoms with E-state index >= 15 is 0 Å². The predicted molar refractivity (Wildman–Crippen MR) is 68.2 cm³/mol. The second-order valence-corrected chi connectivity index (χ2v) is 4.90. The fraction of sp³-hybridized carbons (Fsp3) is 0.833. The quantitative estimate of drug-likeness (QED) is 0.747. The summed E-state index contributed by atoms with van der Waals surface area (Å²) in [7, 11) is 0. The first-order valence-electron chi connectivity index (χ1n) is 6.46. The fourth-order valence-electron chi connectivity index (χ4n) is 2.15. The number of likely N-dealkylation sites (tertiary alicyclic amines) is 1. The van der Waals surface area contributed by atoms with Gasteiger partial charge in [0, 0.05) is 26.2 Å². The van der Waals surface area contributed by atoms with Gasteiger partial charge in [-0.25, -0.2) is 4.79 Å². The lowest BCUT2D eigenvalue weighted by Gasteiger charge is -2.28. The standard InChI is InChI=1S/C12H23N3O3/c1-3-14(7-9(2)11(16)17)12(18)15-5-4-10(6-13)8-15/h9-10H,3-8,13H2,1-2H3,(H,16,17). The van der Waals surface area contributed by atoms with Crippen LogP contribution in [0.5, 0.6) is 0 Å². The van der Waals surface area contributed by atoms with Crippen molar-refractivity contribution in [2.75, 3.05) is 32.7 Å². The number of amides is 2. The van der Waals surface area contributed by atoms with Gasteiger partial charge in [-0.2, -0.15) is 0 Å². The highest BCUT2D eigenvalue weighted by molar-refractivity contribution is 5.76. The Hall–Kier alpha value is -1.30. The van der Waals surface area contributed by atoms with Crippen LogP contribution in [0.4, 0.5) is 4.79 Å². The molecule has 1 heterocycles. The maximum absolute atomic E-state index is 12.2. The number of urea groups is 1. The van der Waals surface area contributed by atoms with Gasteiger partial charge in [0.15, 0.2) is 0 Å². The molecular weight excluding hydrogens is 234 g/mol. The van der Waals surface area contributed by atoms with Crippen LogP contribution < -0.4 is 5.73 Å². The van der Waals surface area contributed by atoms with Crippen LogP contribution in [0.2, 0.25) is 0 Å². The predicted octanol–water partition coefficient (Wildman–Crippen LogP) is 0.430. The van der Waals surface area contributed by atoms with Gasteiger partial charge in [-0.1, -0.05) is 6.92 Å². The molecule has 2 atom stereocenters. The van der Waals surface area contributed by atoms with E-state index in [0.717, 1.165) is 13.0 Å². The van der Waals surface area contributed by atoms with Gasteiger partial charge in [0.05, 0.1) is 5.92 Å². The summed E-state index contributed by atoms with van der Waals surface area (Å²) in [4.78, 5) is 26.4. The van der Waals surface area contributed by atoms with E-state index in [0.29, 0.717) is 25.6 Å². The zero-order chi connectivity index (χ0) is 13.7. The average molecular weight is 257 g/mol. The zero-order valence-electron chi connectivity index (χ0n) is 11.1. The third kappa shape index (κ3) is 3.60. The molecular formula is C12H23N3O3. The van der Waals surface area contributed by atoms with Gasteiger partial charge in [-0.15, -0.1) is 0 Å². The van der Waals surface area contributed by atoms with Gasteiger partial charge < -0.3 is 20.6 Å². The maximum Gasteiger partial charge on any atom is 0.320 e. The van der Waals surface area contributed by atoms with Crippen LogP contribution in [0.25, 0.3) is 0 Å². The summed E-state index contributed by atoms with van der Waals surface area (Å²) < 4.78 is 0. The lowest BCUT2D eigenvalue weighted by Crippen LogP contribution is -2.45. The zero-order valence-corrected chi connectivity index (χ0v) is 11.1. The van der Waals surface area contributed by atoms with Gasteiger partial charge in [-0.3, -0.25) is 4.79 Å². The highest BCUT2D eigenvalue weighted by Gasteiger charge is 2.29. The number of hydrogen-bond acceptors (Lipinski definition) is 3. The van der Waals surface area contributed by atoms with Crippen LogP contribution in [-0.4, -0.2) is 59.6 Å². The SMILES string of the molecule is CCN(CC(C)C(=O)O)C(=O)N1CCC(CN)C1. The Bertz CT molecular complexity index is 309. The Balaban J connectivity index is 2.54. The van der Waals surface area contributed by atoms with Crippen LogP contribution in [0, 0.1) is 11.8 Å². The number of nitrogens with two attached hydrogens (primary N) is 1. The number of hydrogen-bond donors (Lipinski definition) is 2. The van der Waals surface area contributed by atoms with Crippen LogP contribution in [-0.2, 0) is 4.79 Å². The van der Waals surface area contributed by atoms with Crippen LogP contribution in [0.3, 0.4) is 0 Å². The lowest BCUT2D eigenvalue weighted by atomic mass is 10.1. The molecule has 0 spiro atoms. The Kier molecular flexibility index (Phi) is 5.40. The minimum atomic E-state index is -0.873. The lowest BCUT2D eigenvalue weighted by molar-refractivity contribution is -0.141. The monoisotopic (exact) mass is 257 g/mol. The summed E-state index contributed by atoms with van der Waals surface area (Å²) in [5, 5.41) is 8.89. The van der Waals surface area contributed by atoms with Crippen molar-refractivity contribution in [3.8, 4) is 0 Å². The van der Waals surface area contributed by atoms with Gasteiger partial charge in [0.25, 0.3) is 0 Å². The van der Waals surface area contributed by atoms with Crippen LogP contribution in [0.1, 0.15) is 20.3 Å². The van der Waals surface area contributed by atoms with E-state index in [1.54, 1.807) is 16.7 Å². The van der Waals surface area contributed by atoms with Crippen molar-refractivity contribution in [2.45, 2.75) is 20.3 Å². The first kappa shape index (κ1) is 14.8. The van der Waals surface area contributed by atoms with E-state index in [9.17, 15) is 9.59 Å². The molecule has 2 unspecified atom stereocenters. The largest absolute Gasteiger partial charge is 0.481 e. The van der Waals surface area contributed by atoms with E-state index < -0.39 is 11.9 Å². The minimum Gasteiger partial charge on any atom is -0.481 e. The topological polar surface area (TPSA) is 86.9 Å². The number of carbonyl (C=O) groups excluding carboxylic acids is 1. The van der Waals surface area contributed by atoms with Crippen molar-refractivity contribution in [2.24, 2.45) is 17.6 Å². The molecule has 1 rings (SSSR count). The second kappa shape index (κ2) is 6.58. The Morgan fingerprint density at radius 2 is 2.22 bits per heavy atom. The van der Waals surface area contributed by atoms with E-state index in [4.69, 9.17) is 10.8 Å². The molecule has 1 aliphatic rings. The van der Waals surface area contributed by atoms with Gasteiger partial charge in [0.2, 0.25) is 0 Å². The fourth-order valence-corrected chi connectivity index (χ4v) is 2.15. The van der Waals surface area contributed by atoms with Crippen LogP contribution in [0.15, 0.2) is 0 Å². The van der Waals surface area contributed by atoms with E-state index in [-0.39, 0.29) is 12.6 Å². The summed E-state index contributed by atoms with van der Waals surface area (Å²) in [5.41, 5.74) is 5.60. The van der Waals surface area contributed by atoms with Gasteiger partial charge in [-0.05, 0) is 25.8 Å². The van der Waals surface area contributed by atoms with Gasteiger partial charge in [0.1, 0.15) is 0 Å². The van der Waals surface area contributed by atoms with E-state index in [2.05, 4.69) is 0 Å². The average Bonchev–Trinajstić information content (AvgIpc) is 2.83. The first-order chi connectivity index (χ1) is 8.49. The molecule has 1 fully saturated rings. The van der Waals surface area contributed by atoms with Crippen molar-refractivity contribution in [3.05, 3.63) is 0 Å². The first-order valence-corrected chi connectivity index (χ1v) is 6.46. The molecule has 1 saturated heterocycles. The molecule has 1 aliphatic heterocycles. The number of carboxylic acid groups (broad SMARTS) is 1. The summed E-state index contributed by atoms with van der Waals surface area (Å²) >= 11 is 0. The van der Waals surface area contributed by atoms with Crippen molar-refractivity contribution in [1.29, 1.82) is 0 Å². The van der Waals surface area contributed by atoms with Crippen molar-refractivity contribution >= 4 is 12.0 Å². The second-order valence-electron chi connectivity index (χ2n) is 4.90. The van der Waals surface area contributed by atoms with Crippen molar-refractivity contribution in [1.82, 2.24) is 9.80 Å². The Labute approximate surface area is 108 Å². The summed E-state index contributed by atoms with van der Waals surface area (Å²) in [6, 6.07) is -0.0680. The molecule has 6 heteroatoms. The maximum atomic E-state index is 12.2. The third-order valence-electron chi connectivity index (χ3n) is 3.46. The molecule has 2 amide bonds. The molecule has 0 aromatic heterocycles. The van der Waals surface area contributed by atoms with E-state index in [1.165, 1.54) is 0 Å². The van der Waals surface area contributed by atoms with Crippen molar-refractivity contribution < 1.29 is 14.7 Å². The summed E-state index contributed by atoms with van der Waals surface area (Å²) in [6.07, 6.45) is 0.939. The van der Waals surface area contributed by atoms with Crippen molar-refractivity contribution in [3.63, 3.8) is 0 Å². The Morgan fingerprint density at radius 1 is 1.56 bits per heavy atom. The Morgan fingerprint density at radius 3 is 2.67 bits per heavy atom. The summed E-state index contributed by atoms with van der Waals surface area (Å²) in [5.74, 6) is -1.03. The van der Waals surface area contributed by atoms with Crippen LogP contribution >= 0.6 is 0 Å². The van der Waals surface area contributed by atoms with E-state index in [1.807, 2.05) is 6.92 Å². The molecule has 6 nitrogen and oxygen atoms in total. The highest BCUT2D eigenvalue weighted by atomic mass is 16.4.